The second-order valence-electron chi connectivity index (χ2n) is 1.97. The summed E-state index contributed by atoms with van der Waals surface area (Å²) in [6.45, 7) is 3.65. The lowest BCUT2D eigenvalue weighted by Crippen LogP contribution is -1.96. The van der Waals surface area contributed by atoms with Gasteiger partial charge in [-0.1, -0.05) is 13.3 Å². The molecule has 0 aliphatic heterocycles. The highest BCUT2D eigenvalue weighted by molar-refractivity contribution is 5.58. The molecule has 1 N–H and O–H groups in total. The van der Waals surface area contributed by atoms with E-state index >= 15 is 0 Å². The smallest absolute Gasteiger partial charge is 0.449 e. The molecule has 0 amide bonds. The minimum Gasteiger partial charge on any atom is -0.449 e. The Hall–Kier alpha value is -0.990. The van der Waals surface area contributed by atoms with Gasteiger partial charge in [0.05, 0.1) is 0 Å². The molecule has 58 valence electrons. The van der Waals surface area contributed by atoms with Crippen molar-refractivity contribution in [2.24, 2.45) is 0 Å². The summed E-state index contributed by atoms with van der Waals surface area (Å²) in [6, 6.07) is 0. The molecule has 0 aliphatic carbocycles. The Morgan fingerprint density at radius 3 is 2.70 bits per heavy atom. The molecule has 0 atom stereocenters. The van der Waals surface area contributed by atoms with E-state index in [4.69, 9.17) is 5.11 Å². The number of unbranched alkanes of at least 4 members (excludes halogenated alkanes) is 1. The average Bonchev–Trinajstić information content (AvgIpc) is 1.82. The van der Waals surface area contributed by atoms with Crippen molar-refractivity contribution in [3.8, 4) is 0 Å². The lowest BCUT2D eigenvalue weighted by molar-refractivity contribution is 0.119. The quantitative estimate of drug-likeness (QED) is 0.488. The molecular formula is C7H12O3. The van der Waals surface area contributed by atoms with Crippen LogP contribution in [0.3, 0.4) is 0 Å². The molecule has 0 spiro atoms. The summed E-state index contributed by atoms with van der Waals surface area (Å²) in [7, 11) is 0. The van der Waals surface area contributed by atoms with E-state index in [0.717, 1.165) is 12.8 Å². The molecule has 0 radical (unpaired) electrons. The summed E-state index contributed by atoms with van der Waals surface area (Å²) >= 11 is 0. The van der Waals surface area contributed by atoms with Gasteiger partial charge in [0.1, 0.15) is 5.76 Å². The minimum atomic E-state index is -1.25. The van der Waals surface area contributed by atoms with Crippen molar-refractivity contribution in [2.45, 2.75) is 26.7 Å². The maximum Gasteiger partial charge on any atom is 0.510 e. The van der Waals surface area contributed by atoms with Crippen molar-refractivity contribution in [1.29, 1.82) is 0 Å². The van der Waals surface area contributed by atoms with Gasteiger partial charge in [0.25, 0.3) is 0 Å². The van der Waals surface area contributed by atoms with Crippen LogP contribution in [0.25, 0.3) is 0 Å². The monoisotopic (exact) mass is 144 g/mol. The number of ether oxygens (including phenoxy) is 1. The fourth-order valence-corrected chi connectivity index (χ4v) is 0.527. The van der Waals surface area contributed by atoms with Gasteiger partial charge in [0.2, 0.25) is 0 Å². The minimum absolute atomic E-state index is 0.453. The van der Waals surface area contributed by atoms with E-state index in [2.05, 4.69) is 4.74 Å². The van der Waals surface area contributed by atoms with Gasteiger partial charge in [-0.2, -0.15) is 0 Å². The molecule has 0 aromatic rings. The van der Waals surface area contributed by atoms with Crippen LogP contribution in [0.4, 0.5) is 4.79 Å². The Morgan fingerprint density at radius 1 is 1.70 bits per heavy atom. The number of carbonyl (C=O) groups is 1. The Balaban J connectivity index is 3.59. The predicted molar refractivity (Wildman–Crippen MR) is 37.8 cm³/mol. The summed E-state index contributed by atoms with van der Waals surface area (Å²) in [4.78, 5) is 9.91. The Kier molecular flexibility index (Phi) is 4.37. The zero-order chi connectivity index (χ0) is 7.98. The molecule has 0 aromatic carbocycles. The third-order valence-electron chi connectivity index (χ3n) is 0.969. The third kappa shape index (κ3) is 5.15. The molecular weight excluding hydrogens is 132 g/mol. The predicted octanol–water partition coefficient (Wildman–Crippen LogP) is 2.38. The van der Waals surface area contributed by atoms with Crippen molar-refractivity contribution < 1.29 is 14.6 Å². The van der Waals surface area contributed by atoms with Gasteiger partial charge in [0.15, 0.2) is 0 Å². The van der Waals surface area contributed by atoms with E-state index in [-0.39, 0.29) is 0 Å². The Bertz CT molecular complexity index is 138. The maximum atomic E-state index is 9.91. The molecule has 3 nitrogen and oxygen atoms in total. The molecule has 0 bridgehead atoms. The van der Waals surface area contributed by atoms with Crippen molar-refractivity contribution in [3.63, 3.8) is 0 Å². The molecule has 3 heteroatoms. The van der Waals surface area contributed by atoms with Gasteiger partial charge in [0, 0.05) is 0 Å². The first-order chi connectivity index (χ1) is 4.66. The van der Waals surface area contributed by atoms with Crippen molar-refractivity contribution in [3.05, 3.63) is 11.8 Å². The van der Waals surface area contributed by atoms with Crippen LogP contribution in [0.15, 0.2) is 11.8 Å². The van der Waals surface area contributed by atoms with E-state index in [1.54, 1.807) is 13.0 Å². The summed E-state index contributed by atoms with van der Waals surface area (Å²) in [5.74, 6) is 0.453. The van der Waals surface area contributed by atoms with E-state index in [1.165, 1.54) is 0 Å². The second kappa shape index (κ2) is 4.85. The molecule has 0 unspecified atom stereocenters. The summed E-state index contributed by atoms with van der Waals surface area (Å²) in [5, 5.41) is 8.12. The van der Waals surface area contributed by atoms with Gasteiger partial charge >= 0.3 is 6.16 Å². The molecule has 0 heterocycles. The molecule has 0 saturated heterocycles. The fraction of sp³-hybridized carbons (Fsp3) is 0.571. The van der Waals surface area contributed by atoms with Gasteiger partial charge < -0.3 is 9.84 Å². The molecule has 0 aliphatic rings. The van der Waals surface area contributed by atoms with Gasteiger partial charge in [-0.3, -0.25) is 0 Å². The standard InChI is InChI=1S/C7H12O3/c1-3-4-5-6(2)10-7(8)9/h5H,3-4H2,1-2H3,(H,8,9). The van der Waals surface area contributed by atoms with E-state index < -0.39 is 6.16 Å². The fourth-order valence-electron chi connectivity index (χ4n) is 0.527. The van der Waals surface area contributed by atoms with Gasteiger partial charge in [-0.15, -0.1) is 0 Å². The van der Waals surface area contributed by atoms with Crippen LogP contribution in [0.2, 0.25) is 0 Å². The summed E-state index contributed by atoms with van der Waals surface area (Å²) < 4.78 is 4.33. The number of allylic oxidation sites excluding steroid dienone is 2. The van der Waals surface area contributed by atoms with Crippen LogP contribution in [-0.4, -0.2) is 11.3 Å². The molecule has 10 heavy (non-hydrogen) atoms. The highest BCUT2D eigenvalue weighted by Crippen LogP contribution is 1.99. The maximum absolute atomic E-state index is 9.91. The lowest BCUT2D eigenvalue weighted by Gasteiger charge is -1.96. The lowest BCUT2D eigenvalue weighted by atomic mass is 10.3. The molecule has 0 fully saturated rings. The van der Waals surface area contributed by atoms with Gasteiger partial charge in [-0.25, -0.2) is 4.79 Å². The van der Waals surface area contributed by atoms with Crippen LogP contribution in [0.5, 0.6) is 0 Å². The van der Waals surface area contributed by atoms with E-state index in [0.29, 0.717) is 5.76 Å². The average molecular weight is 144 g/mol. The zero-order valence-corrected chi connectivity index (χ0v) is 6.26. The van der Waals surface area contributed by atoms with Crippen LogP contribution >= 0.6 is 0 Å². The number of rotatable bonds is 3. The normalized spacial score (nSPS) is 11.2. The SMILES string of the molecule is CCCC=C(C)OC(=O)O. The van der Waals surface area contributed by atoms with Crippen molar-refractivity contribution >= 4 is 6.16 Å². The van der Waals surface area contributed by atoms with E-state index in [1.807, 2.05) is 6.92 Å². The van der Waals surface area contributed by atoms with Crippen molar-refractivity contribution in [1.82, 2.24) is 0 Å². The summed E-state index contributed by atoms with van der Waals surface area (Å²) in [6.07, 6.45) is 2.37. The topological polar surface area (TPSA) is 46.5 Å². The first-order valence-corrected chi connectivity index (χ1v) is 3.24. The van der Waals surface area contributed by atoms with Gasteiger partial charge in [-0.05, 0) is 19.4 Å². The summed E-state index contributed by atoms with van der Waals surface area (Å²) in [5.41, 5.74) is 0. The number of carboxylic acid groups (broad SMARTS) is 1. The molecule has 0 rings (SSSR count). The largest absolute Gasteiger partial charge is 0.510 e. The molecule has 0 aromatic heterocycles. The third-order valence-corrected chi connectivity index (χ3v) is 0.969. The molecule has 0 saturated carbocycles. The highest BCUT2D eigenvalue weighted by Gasteiger charge is 1.95. The van der Waals surface area contributed by atoms with Crippen LogP contribution in [0.1, 0.15) is 26.7 Å². The van der Waals surface area contributed by atoms with Crippen LogP contribution in [-0.2, 0) is 4.74 Å². The zero-order valence-electron chi connectivity index (χ0n) is 6.26. The Labute approximate surface area is 60.3 Å². The first-order valence-electron chi connectivity index (χ1n) is 3.24. The second-order valence-corrected chi connectivity index (χ2v) is 1.97. The van der Waals surface area contributed by atoms with E-state index in [9.17, 15) is 4.79 Å². The van der Waals surface area contributed by atoms with Crippen LogP contribution < -0.4 is 0 Å². The number of hydrogen-bond acceptors (Lipinski definition) is 2. The Morgan fingerprint density at radius 2 is 2.30 bits per heavy atom. The first kappa shape index (κ1) is 9.01. The highest BCUT2D eigenvalue weighted by atomic mass is 16.7. The van der Waals surface area contributed by atoms with Crippen molar-refractivity contribution in [2.75, 3.05) is 0 Å². The van der Waals surface area contributed by atoms with Crippen LogP contribution in [0, 0.1) is 0 Å². The number of hydrogen-bond donors (Lipinski definition) is 1.